The molecule has 1 atom stereocenters. The highest BCUT2D eigenvalue weighted by molar-refractivity contribution is 7.99. The van der Waals surface area contributed by atoms with E-state index in [1.54, 1.807) is 10.8 Å². The van der Waals surface area contributed by atoms with Crippen LogP contribution >= 0.6 is 11.8 Å². The average molecular weight is 296 g/mol. The molecule has 0 spiro atoms. The minimum absolute atomic E-state index is 0.0283. The Morgan fingerprint density at radius 2 is 2.10 bits per heavy atom. The van der Waals surface area contributed by atoms with E-state index in [9.17, 15) is 0 Å². The second kappa shape index (κ2) is 5.57. The van der Waals surface area contributed by atoms with E-state index in [4.69, 9.17) is 9.52 Å². The molecule has 2 aromatic rings. The number of hydrogen-bond acceptors (Lipinski definition) is 6. The zero-order valence-electron chi connectivity index (χ0n) is 12.4. The smallest absolute Gasteiger partial charge is 0.207 e. The molecule has 0 saturated carbocycles. The van der Waals surface area contributed by atoms with Crippen LogP contribution in [-0.4, -0.2) is 24.9 Å². The topological polar surface area (TPSA) is 77.0 Å². The van der Waals surface area contributed by atoms with Crippen LogP contribution in [0.2, 0.25) is 0 Å². The first-order valence-corrected chi connectivity index (χ1v) is 7.33. The molecule has 2 aromatic heterocycles. The normalized spacial score (nSPS) is 13.7. The lowest BCUT2D eigenvalue weighted by atomic mass is 9.94. The first-order chi connectivity index (χ1) is 9.32. The molecule has 0 amide bonds. The molecule has 110 valence electrons. The van der Waals surface area contributed by atoms with E-state index in [-0.39, 0.29) is 17.3 Å². The predicted molar refractivity (Wildman–Crippen MR) is 76.4 cm³/mol. The molecular weight excluding hydrogens is 276 g/mol. The van der Waals surface area contributed by atoms with E-state index in [0.717, 1.165) is 10.9 Å². The number of nitrogens with zero attached hydrogens (tertiary/aromatic N) is 4. The summed E-state index contributed by atoms with van der Waals surface area (Å²) in [5, 5.41) is 17.8. The Kier molecular flexibility index (Phi) is 4.19. The molecule has 0 aliphatic rings. The third-order valence-electron chi connectivity index (χ3n) is 2.96. The van der Waals surface area contributed by atoms with Crippen molar-refractivity contribution in [3.8, 4) is 0 Å². The quantitative estimate of drug-likeness (QED) is 0.873. The van der Waals surface area contributed by atoms with Gasteiger partial charge in [-0.2, -0.15) is 0 Å². The number of aliphatic hydroxyl groups is 1. The Balaban J connectivity index is 2.13. The number of thioether (sulfide) groups is 1. The molecule has 7 heteroatoms. The predicted octanol–water partition coefficient (Wildman–Crippen LogP) is 2.45. The summed E-state index contributed by atoms with van der Waals surface area (Å²) in [7, 11) is 1.83. The Morgan fingerprint density at radius 3 is 2.60 bits per heavy atom. The minimum atomic E-state index is -0.119. The summed E-state index contributed by atoms with van der Waals surface area (Å²) in [5.41, 5.74) is -0.0511. The highest BCUT2D eigenvalue weighted by atomic mass is 32.2. The number of hydrogen-bond donors (Lipinski definition) is 1. The van der Waals surface area contributed by atoms with Gasteiger partial charge in [-0.05, 0) is 6.92 Å². The van der Waals surface area contributed by atoms with Crippen LogP contribution in [0.1, 0.15) is 50.4 Å². The lowest BCUT2D eigenvalue weighted by Crippen LogP contribution is -2.09. The molecule has 0 bridgehead atoms. The van der Waals surface area contributed by atoms with Crippen LogP contribution in [0, 0.1) is 0 Å². The second-order valence-electron chi connectivity index (χ2n) is 5.69. The second-order valence-corrected chi connectivity index (χ2v) is 7.00. The average Bonchev–Trinajstić information content (AvgIpc) is 2.97. The van der Waals surface area contributed by atoms with Gasteiger partial charge in [-0.15, -0.1) is 10.2 Å². The van der Waals surface area contributed by atoms with Gasteiger partial charge >= 0.3 is 0 Å². The summed E-state index contributed by atoms with van der Waals surface area (Å²) in [6.07, 6.45) is 1.78. The Labute approximate surface area is 122 Å². The largest absolute Gasteiger partial charge is 0.444 e. The zero-order chi connectivity index (χ0) is 14.9. The van der Waals surface area contributed by atoms with Gasteiger partial charge in [-0.1, -0.05) is 32.5 Å². The molecule has 2 heterocycles. The molecule has 0 aromatic carbocycles. The van der Waals surface area contributed by atoms with Crippen LogP contribution in [0.4, 0.5) is 0 Å². The van der Waals surface area contributed by atoms with Gasteiger partial charge in [-0.3, -0.25) is 0 Å². The van der Waals surface area contributed by atoms with E-state index in [0.29, 0.717) is 11.7 Å². The Morgan fingerprint density at radius 1 is 1.40 bits per heavy atom. The van der Waals surface area contributed by atoms with Gasteiger partial charge in [0.15, 0.2) is 11.0 Å². The molecule has 0 aliphatic carbocycles. The van der Waals surface area contributed by atoms with Crippen molar-refractivity contribution in [1.82, 2.24) is 19.7 Å². The molecule has 0 fully saturated rings. The van der Waals surface area contributed by atoms with Crippen LogP contribution < -0.4 is 0 Å². The number of aromatic nitrogens is 4. The third kappa shape index (κ3) is 3.04. The van der Waals surface area contributed by atoms with Gasteiger partial charge in [0.25, 0.3) is 0 Å². The summed E-state index contributed by atoms with van der Waals surface area (Å²) in [4.78, 5) is 4.34. The Hall–Kier alpha value is -1.34. The maximum atomic E-state index is 9.11. The van der Waals surface area contributed by atoms with Gasteiger partial charge in [0.05, 0.1) is 11.4 Å². The number of aliphatic hydroxyl groups excluding tert-OH is 1. The fourth-order valence-electron chi connectivity index (χ4n) is 1.62. The van der Waals surface area contributed by atoms with Crippen LogP contribution in [0.5, 0.6) is 0 Å². The SMILES string of the molecule is C[C@@H](Sc1nnc(CO)n1C)c1ncc(C(C)(C)C)o1. The van der Waals surface area contributed by atoms with Crippen molar-refractivity contribution in [3.05, 3.63) is 23.7 Å². The molecule has 0 unspecified atom stereocenters. The zero-order valence-corrected chi connectivity index (χ0v) is 13.2. The number of oxazole rings is 1. The van der Waals surface area contributed by atoms with Gasteiger partial charge < -0.3 is 14.1 Å². The van der Waals surface area contributed by atoms with Crippen molar-refractivity contribution in [3.63, 3.8) is 0 Å². The fourth-order valence-corrected chi connectivity index (χ4v) is 2.49. The van der Waals surface area contributed by atoms with E-state index in [2.05, 4.69) is 36.0 Å². The van der Waals surface area contributed by atoms with E-state index >= 15 is 0 Å². The van der Waals surface area contributed by atoms with Gasteiger partial charge in [-0.25, -0.2) is 4.98 Å². The molecule has 20 heavy (non-hydrogen) atoms. The maximum Gasteiger partial charge on any atom is 0.207 e. The first kappa shape index (κ1) is 15.1. The molecule has 2 rings (SSSR count). The van der Waals surface area contributed by atoms with E-state index in [1.807, 2.05) is 14.0 Å². The van der Waals surface area contributed by atoms with Crippen LogP contribution in [0.15, 0.2) is 15.8 Å². The van der Waals surface area contributed by atoms with Gasteiger partial charge in [0.1, 0.15) is 12.4 Å². The molecule has 1 N–H and O–H groups in total. The van der Waals surface area contributed by atoms with Crippen LogP contribution in [0.25, 0.3) is 0 Å². The van der Waals surface area contributed by atoms with Crippen molar-refractivity contribution in [1.29, 1.82) is 0 Å². The molecular formula is C13H20N4O2S. The van der Waals surface area contributed by atoms with Crippen molar-refractivity contribution >= 4 is 11.8 Å². The van der Waals surface area contributed by atoms with Gasteiger partial charge in [0.2, 0.25) is 5.89 Å². The standard InChI is InChI=1S/C13H20N4O2S/c1-8(11-14-6-9(19-11)13(2,3)4)20-12-16-15-10(7-18)17(12)5/h6,8,18H,7H2,1-5H3/t8-/m1/s1. The summed E-state index contributed by atoms with van der Waals surface area (Å²) >= 11 is 1.51. The lowest BCUT2D eigenvalue weighted by Gasteiger charge is -2.13. The summed E-state index contributed by atoms with van der Waals surface area (Å²) in [6, 6.07) is 0. The molecule has 0 aliphatic heterocycles. The lowest BCUT2D eigenvalue weighted by molar-refractivity contribution is 0.266. The van der Waals surface area contributed by atoms with E-state index in [1.165, 1.54) is 11.8 Å². The first-order valence-electron chi connectivity index (χ1n) is 6.45. The summed E-state index contributed by atoms with van der Waals surface area (Å²) < 4.78 is 7.59. The minimum Gasteiger partial charge on any atom is -0.444 e. The highest BCUT2D eigenvalue weighted by Gasteiger charge is 2.23. The number of rotatable bonds is 4. The van der Waals surface area contributed by atoms with Crippen molar-refractivity contribution in [2.45, 2.75) is 50.1 Å². The van der Waals surface area contributed by atoms with Crippen molar-refractivity contribution in [2.24, 2.45) is 7.05 Å². The summed E-state index contributed by atoms with van der Waals surface area (Å²) in [5.74, 6) is 2.09. The molecule has 0 saturated heterocycles. The van der Waals surface area contributed by atoms with Crippen molar-refractivity contribution in [2.75, 3.05) is 0 Å². The highest BCUT2D eigenvalue weighted by Crippen LogP contribution is 2.35. The van der Waals surface area contributed by atoms with Crippen LogP contribution in [-0.2, 0) is 19.1 Å². The van der Waals surface area contributed by atoms with Crippen molar-refractivity contribution < 1.29 is 9.52 Å². The van der Waals surface area contributed by atoms with Gasteiger partial charge in [0, 0.05) is 12.5 Å². The fraction of sp³-hybridized carbons (Fsp3) is 0.615. The molecule has 0 radical (unpaired) electrons. The monoisotopic (exact) mass is 296 g/mol. The third-order valence-corrected chi connectivity index (χ3v) is 4.08. The van der Waals surface area contributed by atoms with E-state index < -0.39 is 0 Å². The maximum absolute atomic E-state index is 9.11. The van der Waals surface area contributed by atoms with Crippen LogP contribution in [0.3, 0.4) is 0 Å². The summed E-state index contributed by atoms with van der Waals surface area (Å²) in [6.45, 7) is 8.16. The Bertz CT molecular complexity index is 585. The molecule has 6 nitrogen and oxygen atoms in total.